The van der Waals surface area contributed by atoms with E-state index in [0.29, 0.717) is 23.7 Å². The number of hydrogen-bond acceptors (Lipinski definition) is 4. The smallest absolute Gasteiger partial charge is 0.256 e. The highest BCUT2D eigenvalue weighted by atomic mass is 16.6. The van der Waals surface area contributed by atoms with Crippen molar-refractivity contribution >= 4 is 11.6 Å². The van der Waals surface area contributed by atoms with Crippen molar-refractivity contribution in [1.29, 1.82) is 0 Å². The van der Waals surface area contributed by atoms with E-state index in [2.05, 4.69) is 19.2 Å². The van der Waals surface area contributed by atoms with Crippen LogP contribution in [0.25, 0.3) is 0 Å². The molecule has 0 aromatic heterocycles. The van der Waals surface area contributed by atoms with Gasteiger partial charge < -0.3 is 5.32 Å². The third kappa shape index (κ3) is 2.40. The summed E-state index contributed by atoms with van der Waals surface area (Å²) in [6, 6.07) is 14.3. The van der Waals surface area contributed by atoms with Gasteiger partial charge in [-0.1, -0.05) is 56.3 Å². The summed E-state index contributed by atoms with van der Waals surface area (Å²) >= 11 is 0. The van der Waals surface area contributed by atoms with E-state index in [4.69, 9.17) is 0 Å². The van der Waals surface area contributed by atoms with E-state index in [1.165, 1.54) is 5.56 Å². The Labute approximate surface area is 158 Å². The minimum absolute atomic E-state index is 0.272. The van der Waals surface area contributed by atoms with E-state index in [-0.39, 0.29) is 16.7 Å². The molecular weight excluding hydrogens is 342 g/mol. The van der Waals surface area contributed by atoms with E-state index in [9.17, 15) is 14.9 Å². The summed E-state index contributed by atoms with van der Waals surface area (Å²) in [5.74, 6) is -0.271. The summed E-state index contributed by atoms with van der Waals surface area (Å²) < 4.78 is 0. The number of carbonyl (C=O) groups excluding carboxylic acids is 1. The molecular formula is C21H23N3O3. The van der Waals surface area contributed by atoms with Gasteiger partial charge in [0.2, 0.25) is 0 Å². The van der Waals surface area contributed by atoms with Crippen LogP contribution in [0.1, 0.15) is 42.4 Å². The van der Waals surface area contributed by atoms with Crippen LogP contribution in [-0.4, -0.2) is 35.4 Å². The van der Waals surface area contributed by atoms with Gasteiger partial charge in [0.05, 0.1) is 5.92 Å². The zero-order chi connectivity index (χ0) is 19.3. The Hall–Kier alpha value is -2.73. The van der Waals surface area contributed by atoms with Crippen LogP contribution in [0.2, 0.25) is 0 Å². The monoisotopic (exact) mass is 365 g/mol. The Morgan fingerprint density at radius 1 is 1.19 bits per heavy atom. The van der Waals surface area contributed by atoms with Crippen LogP contribution in [0, 0.1) is 10.1 Å². The maximum absolute atomic E-state index is 13.0. The van der Waals surface area contributed by atoms with Gasteiger partial charge in [-0.05, 0) is 30.2 Å². The van der Waals surface area contributed by atoms with Gasteiger partial charge >= 0.3 is 0 Å². The predicted molar refractivity (Wildman–Crippen MR) is 103 cm³/mol. The second kappa shape index (κ2) is 6.16. The number of nitrogens with one attached hydrogen (secondary N) is 1. The Balaban J connectivity index is 1.84. The molecule has 27 heavy (non-hydrogen) atoms. The fraction of sp³-hybridized carbons (Fsp3) is 0.381. The predicted octanol–water partition coefficient (Wildman–Crippen LogP) is 3.33. The maximum Gasteiger partial charge on any atom is 0.256 e. The SMILES string of the molecule is CC(C)c1ccc([C@@H]2CN(C)[C@]3(C(=O)Nc4ccccc43)[C@H]2[N+](=O)[O-])cc1. The first-order chi connectivity index (χ1) is 12.9. The number of anilines is 1. The first-order valence-corrected chi connectivity index (χ1v) is 9.23. The number of likely N-dealkylation sites (N-methyl/N-ethyl adjacent to an activating group) is 1. The molecule has 1 saturated heterocycles. The molecule has 0 bridgehead atoms. The molecule has 1 spiro atoms. The Kier molecular flexibility index (Phi) is 4.03. The fourth-order valence-electron chi connectivity index (χ4n) is 4.71. The standard InChI is InChI=1S/C21H23N3O3/c1-13(2)14-8-10-15(11-9-14)16-12-23(3)21(19(16)24(26)27)17-6-4-5-7-18(17)22-20(21)25/h4-11,13,16,19H,12H2,1-3H3,(H,22,25)/t16-,19-,21-/m0/s1. The lowest BCUT2D eigenvalue weighted by molar-refractivity contribution is -0.534. The molecule has 1 fully saturated rings. The summed E-state index contributed by atoms with van der Waals surface area (Å²) in [5.41, 5.74) is 2.18. The summed E-state index contributed by atoms with van der Waals surface area (Å²) in [7, 11) is 1.81. The average Bonchev–Trinajstić information content (AvgIpc) is 3.11. The normalized spacial score (nSPS) is 27.2. The van der Waals surface area contributed by atoms with Crippen LogP contribution < -0.4 is 5.32 Å². The summed E-state index contributed by atoms with van der Waals surface area (Å²) in [6.45, 7) is 4.69. The number of para-hydroxylation sites is 1. The molecule has 0 aliphatic carbocycles. The first kappa shape index (κ1) is 17.7. The van der Waals surface area contributed by atoms with Crippen LogP contribution in [0.5, 0.6) is 0 Å². The fourth-order valence-corrected chi connectivity index (χ4v) is 4.71. The van der Waals surface area contributed by atoms with E-state index in [0.717, 1.165) is 5.56 Å². The highest BCUT2D eigenvalue weighted by molar-refractivity contribution is 6.06. The second-order valence-electron chi connectivity index (χ2n) is 7.80. The quantitative estimate of drug-likeness (QED) is 0.669. The summed E-state index contributed by atoms with van der Waals surface area (Å²) in [4.78, 5) is 26.8. The molecule has 2 aromatic carbocycles. The van der Waals surface area contributed by atoms with E-state index < -0.39 is 11.6 Å². The van der Waals surface area contributed by atoms with Crippen LogP contribution in [0.15, 0.2) is 48.5 Å². The number of carbonyl (C=O) groups is 1. The van der Waals surface area contributed by atoms with Crippen molar-refractivity contribution in [2.75, 3.05) is 18.9 Å². The van der Waals surface area contributed by atoms with Crippen LogP contribution in [0.4, 0.5) is 5.69 Å². The van der Waals surface area contributed by atoms with Crippen molar-refractivity contribution in [1.82, 2.24) is 4.90 Å². The Morgan fingerprint density at radius 2 is 1.85 bits per heavy atom. The molecule has 2 aliphatic rings. The van der Waals surface area contributed by atoms with Gasteiger partial charge in [0.25, 0.3) is 11.9 Å². The highest BCUT2D eigenvalue weighted by Crippen LogP contribution is 2.51. The van der Waals surface area contributed by atoms with Gasteiger partial charge in [-0.3, -0.25) is 19.8 Å². The van der Waals surface area contributed by atoms with Crippen molar-refractivity contribution in [2.45, 2.75) is 37.3 Å². The molecule has 1 N–H and O–H groups in total. The van der Waals surface area contributed by atoms with E-state index in [1.807, 2.05) is 47.4 Å². The number of nitrogens with zero attached hydrogens (tertiary/aromatic N) is 2. The number of hydrogen-bond donors (Lipinski definition) is 1. The van der Waals surface area contributed by atoms with Gasteiger partial charge in [-0.25, -0.2) is 0 Å². The molecule has 0 saturated carbocycles. The lowest BCUT2D eigenvalue weighted by atomic mass is 9.79. The van der Waals surface area contributed by atoms with Crippen molar-refractivity contribution in [2.24, 2.45) is 0 Å². The summed E-state index contributed by atoms with van der Waals surface area (Å²) in [6.07, 6.45) is 0. The van der Waals surface area contributed by atoms with Gasteiger partial charge in [-0.15, -0.1) is 0 Å². The zero-order valence-corrected chi connectivity index (χ0v) is 15.7. The van der Waals surface area contributed by atoms with Crippen molar-refractivity contribution < 1.29 is 9.72 Å². The number of benzene rings is 2. The minimum atomic E-state index is -1.28. The van der Waals surface area contributed by atoms with E-state index >= 15 is 0 Å². The Morgan fingerprint density at radius 3 is 2.48 bits per heavy atom. The molecule has 4 rings (SSSR count). The molecule has 2 aromatic rings. The van der Waals surface area contributed by atoms with Crippen LogP contribution in [-0.2, 0) is 10.3 Å². The third-order valence-corrected chi connectivity index (χ3v) is 6.07. The van der Waals surface area contributed by atoms with Crippen molar-refractivity contribution in [3.63, 3.8) is 0 Å². The molecule has 6 heteroatoms. The van der Waals surface area contributed by atoms with Gasteiger partial charge in [0, 0.05) is 22.7 Å². The molecule has 140 valence electrons. The minimum Gasteiger partial charge on any atom is -0.324 e. The molecule has 3 atom stereocenters. The number of nitro groups is 1. The molecule has 2 heterocycles. The van der Waals surface area contributed by atoms with Crippen molar-refractivity contribution in [3.8, 4) is 0 Å². The molecule has 2 aliphatic heterocycles. The number of likely N-dealkylation sites (tertiary alicyclic amines) is 1. The van der Waals surface area contributed by atoms with Gasteiger partial charge in [-0.2, -0.15) is 0 Å². The number of amides is 1. The first-order valence-electron chi connectivity index (χ1n) is 9.23. The zero-order valence-electron chi connectivity index (χ0n) is 15.7. The lowest BCUT2D eigenvalue weighted by Gasteiger charge is -2.30. The Bertz CT molecular complexity index is 909. The third-order valence-electron chi connectivity index (χ3n) is 6.07. The molecule has 0 unspecified atom stereocenters. The maximum atomic E-state index is 13.0. The highest BCUT2D eigenvalue weighted by Gasteiger charge is 2.68. The van der Waals surface area contributed by atoms with Crippen LogP contribution >= 0.6 is 0 Å². The lowest BCUT2D eigenvalue weighted by Crippen LogP contribution is -2.54. The van der Waals surface area contributed by atoms with Gasteiger partial charge in [0.1, 0.15) is 0 Å². The number of rotatable bonds is 3. The molecule has 1 amide bonds. The van der Waals surface area contributed by atoms with Crippen molar-refractivity contribution in [3.05, 3.63) is 75.3 Å². The molecule has 6 nitrogen and oxygen atoms in total. The van der Waals surface area contributed by atoms with Gasteiger partial charge in [0.15, 0.2) is 5.54 Å². The number of fused-ring (bicyclic) bond motifs is 2. The van der Waals surface area contributed by atoms with Crippen LogP contribution in [0.3, 0.4) is 0 Å². The summed E-state index contributed by atoms with van der Waals surface area (Å²) in [5, 5.41) is 15.1. The topological polar surface area (TPSA) is 75.5 Å². The second-order valence-corrected chi connectivity index (χ2v) is 7.80. The molecule has 0 radical (unpaired) electrons. The van der Waals surface area contributed by atoms with E-state index in [1.54, 1.807) is 13.1 Å². The largest absolute Gasteiger partial charge is 0.324 e. The average molecular weight is 365 g/mol.